The molecule has 0 aromatic rings. The molecule has 0 radical (unpaired) electrons. The van der Waals surface area contributed by atoms with Gasteiger partial charge < -0.3 is 15.4 Å². The number of rotatable bonds is 6. The molecule has 2 amide bonds. The smallest absolute Gasteiger partial charge is 0.309 e. The minimum absolute atomic E-state index is 0.00533. The summed E-state index contributed by atoms with van der Waals surface area (Å²) in [7, 11) is 1.52. The molecule has 20 heavy (non-hydrogen) atoms. The Morgan fingerprint density at radius 2 is 1.85 bits per heavy atom. The molecule has 0 spiro atoms. The third kappa shape index (κ3) is 5.56. The van der Waals surface area contributed by atoms with Gasteiger partial charge in [-0.1, -0.05) is 0 Å². The molecule has 1 rings (SSSR count). The van der Waals surface area contributed by atoms with Gasteiger partial charge in [-0.2, -0.15) is 0 Å². The van der Waals surface area contributed by atoms with Gasteiger partial charge >= 0.3 is 5.97 Å². The Morgan fingerprint density at radius 1 is 1.20 bits per heavy atom. The Bertz CT molecular complexity index is 352. The summed E-state index contributed by atoms with van der Waals surface area (Å²) >= 11 is 0. The molecule has 7 heteroatoms. The highest BCUT2D eigenvalue weighted by Crippen LogP contribution is 2.18. The normalized spacial score (nSPS) is 16.5. The average molecular weight is 285 g/mol. The Kier molecular flexibility index (Phi) is 7.00. The maximum atomic E-state index is 11.6. The number of piperidine rings is 1. The first-order valence-corrected chi connectivity index (χ1v) is 6.93. The molecule has 0 bridgehead atoms. The predicted octanol–water partition coefficient (Wildman–Crippen LogP) is -0.876. The van der Waals surface area contributed by atoms with Crippen molar-refractivity contribution in [2.45, 2.75) is 19.8 Å². The molecule has 0 aliphatic carbocycles. The van der Waals surface area contributed by atoms with E-state index in [0.717, 1.165) is 0 Å². The van der Waals surface area contributed by atoms with Crippen LogP contribution in [0.5, 0.6) is 0 Å². The fourth-order valence-electron chi connectivity index (χ4n) is 2.11. The van der Waals surface area contributed by atoms with Gasteiger partial charge in [-0.15, -0.1) is 0 Å². The standard InChI is InChI=1S/C13H23N3O4/c1-3-20-13(19)10-4-6-16(7-5-10)9-12(18)15-8-11(17)14-2/h10H,3-9H2,1-2H3,(H,14,17)(H,15,18). The van der Waals surface area contributed by atoms with Gasteiger partial charge in [0.2, 0.25) is 11.8 Å². The van der Waals surface area contributed by atoms with Crippen LogP contribution in [0.3, 0.4) is 0 Å². The molecular weight excluding hydrogens is 262 g/mol. The van der Waals surface area contributed by atoms with E-state index in [1.54, 1.807) is 6.92 Å². The molecular formula is C13H23N3O4. The topological polar surface area (TPSA) is 87.7 Å². The molecule has 114 valence electrons. The number of amides is 2. The first-order valence-electron chi connectivity index (χ1n) is 6.93. The quantitative estimate of drug-likeness (QED) is 0.619. The number of carbonyl (C=O) groups excluding carboxylic acids is 3. The Morgan fingerprint density at radius 3 is 2.40 bits per heavy atom. The summed E-state index contributed by atoms with van der Waals surface area (Å²) < 4.78 is 4.99. The molecule has 1 fully saturated rings. The van der Waals surface area contributed by atoms with Gasteiger partial charge in [-0.25, -0.2) is 0 Å². The molecule has 2 N–H and O–H groups in total. The molecule has 0 aromatic carbocycles. The van der Waals surface area contributed by atoms with Gasteiger partial charge in [0.05, 0.1) is 25.6 Å². The van der Waals surface area contributed by atoms with E-state index < -0.39 is 0 Å². The van der Waals surface area contributed by atoms with Crippen molar-refractivity contribution < 1.29 is 19.1 Å². The van der Waals surface area contributed by atoms with E-state index in [2.05, 4.69) is 10.6 Å². The highest BCUT2D eigenvalue weighted by Gasteiger charge is 2.26. The Balaban J connectivity index is 2.23. The minimum Gasteiger partial charge on any atom is -0.466 e. The van der Waals surface area contributed by atoms with E-state index in [1.165, 1.54) is 7.05 Å². The second-order valence-corrected chi connectivity index (χ2v) is 4.75. The number of nitrogens with one attached hydrogen (secondary N) is 2. The van der Waals surface area contributed by atoms with Crippen LogP contribution in [-0.4, -0.2) is 62.5 Å². The van der Waals surface area contributed by atoms with E-state index in [1.807, 2.05) is 4.90 Å². The van der Waals surface area contributed by atoms with E-state index in [9.17, 15) is 14.4 Å². The van der Waals surface area contributed by atoms with Crippen molar-refractivity contribution in [2.24, 2.45) is 5.92 Å². The van der Waals surface area contributed by atoms with Crippen molar-refractivity contribution in [2.75, 3.05) is 39.8 Å². The fraction of sp³-hybridized carbons (Fsp3) is 0.769. The van der Waals surface area contributed by atoms with Gasteiger partial charge in [-0.3, -0.25) is 19.3 Å². The molecule has 1 aliphatic heterocycles. The monoisotopic (exact) mass is 285 g/mol. The first kappa shape index (κ1) is 16.4. The summed E-state index contributed by atoms with van der Waals surface area (Å²) in [5.74, 6) is -0.598. The number of nitrogens with zero attached hydrogens (tertiary/aromatic N) is 1. The van der Waals surface area contributed by atoms with Crippen molar-refractivity contribution in [3.63, 3.8) is 0 Å². The van der Waals surface area contributed by atoms with Crippen LogP contribution >= 0.6 is 0 Å². The third-order valence-electron chi connectivity index (χ3n) is 3.30. The zero-order valence-electron chi connectivity index (χ0n) is 12.1. The van der Waals surface area contributed by atoms with Crippen LogP contribution in [-0.2, 0) is 19.1 Å². The molecule has 1 aliphatic rings. The minimum atomic E-state index is -0.223. The lowest BCUT2D eigenvalue weighted by Crippen LogP contribution is -2.44. The lowest BCUT2D eigenvalue weighted by molar-refractivity contribution is -0.149. The maximum Gasteiger partial charge on any atom is 0.309 e. The predicted molar refractivity (Wildman–Crippen MR) is 72.9 cm³/mol. The second-order valence-electron chi connectivity index (χ2n) is 4.75. The zero-order chi connectivity index (χ0) is 15.0. The van der Waals surface area contributed by atoms with Crippen molar-refractivity contribution in [1.82, 2.24) is 15.5 Å². The van der Waals surface area contributed by atoms with Gasteiger partial charge in [-0.05, 0) is 32.9 Å². The van der Waals surface area contributed by atoms with Crippen molar-refractivity contribution in [3.05, 3.63) is 0 Å². The second kappa shape index (κ2) is 8.52. The SMILES string of the molecule is CCOC(=O)C1CCN(CC(=O)NCC(=O)NC)CC1. The summed E-state index contributed by atoms with van der Waals surface area (Å²) in [5, 5.41) is 4.99. The number of likely N-dealkylation sites (tertiary alicyclic amines) is 1. The number of likely N-dealkylation sites (N-methyl/N-ethyl adjacent to an activating group) is 1. The summed E-state index contributed by atoms with van der Waals surface area (Å²) in [4.78, 5) is 36.2. The van der Waals surface area contributed by atoms with Crippen LogP contribution < -0.4 is 10.6 Å². The number of ether oxygens (including phenoxy) is 1. The molecule has 0 unspecified atom stereocenters. The van der Waals surface area contributed by atoms with Crippen LogP contribution in [0.1, 0.15) is 19.8 Å². The number of hydrogen-bond donors (Lipinski definition) is 2. The van der Waals surface area contributed by atoms with Crippen LogP contribution in [0, 0.1) is 5.92 Å². The van der Waals surface area contributed by atoms with Crippen molar-refractivity contribution in [1.29, 1.82) is 0 Å². The van der Waals surface area contributed by atoms with Gasteiger partial charge in [0.25, 0.3) is 0 Å². The van der Waals surface area contributed by atoms with E-state index in [0.29, 0.717) is 32.5 Å². The van der Waals surface area contributed by atoms with E-state index in [-0.39, 0.29) is 36.8 Å². The van der Waals surface area contributed by atoms with Gasteiger partial charge in [0.1, 0.15) is 0 Å². The van der Waals surface area contributed by atoms with Gasteiger partial charge in [0, 0.05) is 7.05 Å². The summed E-state index contributed by atoms with van der Waals surface area (Å²) in [6.07, 6.45) is 1.42. The molecule has 0 atom stereocenters. The Hall–Kier alpha value is -1.63. The molecule has 0 aromatic heterocycles. The van der Waals surface area contributed by atoms with Crippen molar-refractivity contribution in [3.8, 4) is 0 Å². The molecule has 1 saturated heterocycles. The number of hydrogen-bond acceptors (Lipinski definition) is 5. The van der Waals surface area contributed by atoms with Crippen molar-refractivity contribution >= 4 is 17.8 Å². The zero-order valence-corrected chi connectivity index (χ0v) is 12.1. The van der Waals surface area contributed by atoms with Crippen LogP contribution in [0.25, 0.3) is 0 Å². The lowest BCUT2D eigenvalue weighted by Gasteiger charge is -2.30. The van der Waals surface area contributed by atoms with Crippen LogP contribution in [0.2, 0.25) is 0 Å². The maximum absolute atomic E-state index is 11.6. The largest absolute Gasteiger partial charge is 0.466 e. The fourth-order valence-corrected chi connectivity index (χ4v) is 2.11. The highest BCUT2D eigenvalue weighted by molar-refractivity contribution is 5.85. The summed E-state index contributed by atoms with van der Waals surface area (Å²) in [6, 6.07) is 0. The summed E-state index contributed by atoms with van der Waals surface area (Å²) in [6.45, 7) is 3.83. The highest BCUT2D eigenvalue weighted by atomic mass is 16.5. The van der Waals surface area contributed by atoms with E-state index >= 15 is 0 Å². The first-order chi connectivity index (χ1) is 9.56. The van der Waals surface area contributed by atoms with E-state index in [4.69, 9.17) is 4.74 Å². The number of carbonyl (C=O) groups is 3. The third-order valence-corrected chi connectivity index (χ3v) is 3.30. The van der Waals surface area contributed by atoms with Crippen LogP contribution in [0.4, 0.5) is 0 Å². The lowest BCUT2D eigenvalue weighted by atomic mass is 9.97. The number of esters is 1. The van der Waals surface area contributed by atoms with Gasteiger partial charge in [0.15, 0.2) is 0 Å². The summed E-state index contributed by atoms with van der Waals surface area (Å²) in [5.41, 5.74) is 0. The van der Waals surface area contributed by atoms with Crippen LogP contribution in [0.15, 0.2) is 0 Å². The molecule has 0 saturated carbocycles. The molecule has 1 heterocycles. The Labute approximate surface area is 119 Å². The molecule has 7 nitrogen and oxygen atoms in total. The average Bonchev–Trinajstić information content (AvgIpc) is 2.45.